The second kappa shape index (κ2) is 6.12. The van der Waals surface area contributed by atoms with Crippen LogP contribution in [0.15, 0.2) is 29.0 Å². The molecular formula is C15H13BrF3N3O2. The van der Waals surface area contributed by atoms with E-state index in [1.807, 2.05) is 0 Å². The summed E-state index contributed by atoms with van der Waals surface area (Å²) in [6.07, 6.45) is -5.05. The van der Waals surface area contributed by atoms with Gasteiger partial charge in [-0.15, -0.1) is 0 Å². The molecule has 0 bridgehead atoms. The van der Waals surface area contributed by atoms with E-state index in [2.05, 4.69) is 20.9 Å². The number of aromatic nitrogens is 2. The summed E-state index contributed by atoms with van der Waals surface area (Å²) in [5.74, 6) is 0. The Kier molecular flexibility index (Phi) is 4.29. The first kappa shape index (κ1) is 16.8. The van der Waals surface area contributed by atoms with Gasteiger partial charge in [0, 0.05) is 18.7 Å². The maximum atomic E-state index is 13.1. The summed E-state index contributed by atoms with van der Waals surface area (Å²) in [6, 6.07) is 5.41. The Bertz CT molecular complexity index is 789. The van der Waals surface area contributed by atoms with Crippen molar-refractivity contribution in [3.63, 3.8) is 0 Å². The molecule has 1 N–H and O–H groups in total. The van der Waals surface area contributed by atoms with E-state index in [1.54, 1.807) is 10.6 Å². The van der Waals surface area contributed by atoms with Crippen molar-refractivity contribution in [2.45, 2.75) is 25.7 Å². The highest BCUT2D eigenvalue weighted by atomic mass is 79.9. The number of amides is 1. The average molecular weight is 404 g/mol. The van der Waals surface area contributed by atoms with Gasteiger partial charge in [0.15, 0.2) is 4.73 Å². The predicted octanol–water partition coefficient (Wildman–Crippen LogP) is 3.75. The molecule has 1 aliphatic rings. The van der Waals surface area contributed by atoms with Crippen molar-refractivity contribution < 1.29 is 23.1 Å². The number of hydrogen-bond acceptors (Lipinski definition) is 2. The van der Waals surface area contributed by atoms with E-state index in [0.717, 1.165) is 11.8 Å². The van der Waals surface area contributed by atoms with Crippen LogP contribution >= 0.6 is 15.9 Å². The van der Waals surface area contributed by atoms with Crippen molar-refractivity contribution in [3.8, 4) is 0 Å². The van der Waals surface area contributed by atoms with E-state index in [4.69, 9.17) is 5.11 Å². The molecule has 0 unspecified atom stereocenters. The minimum atomic E-state index is -4.43. The van der Waals surface area contributed by atoms with Crippen LogP contribution in [0.4, 0.5) is 18.0 Å². The Hall–Kier alpha value is -2.03. The Morgan fingerprint density at radius 3 is 2.71 bits per heavy atom. The molecular weight excluding hydrogens is 391 g/mol. The highest BCUT2D eigenvalue weighted by Crippen LogP contribution is 2.33. The lowest BCUT2D eigenvalue weighted by Crippen LogP contribution is -2.35. The van der Waals surface area contributed by atoms with Crippen LogP contribution in [-0.4, -0.2) is 32.2 Å². The fraction of sp³-hybridized carbons (Fsp3) is 0.333. The van der Waals surface area contributed by atoms with Gasteiger partial charge in [-0.1, -0.05) is 18.2 Å². The zero-order valence-electron chi connectivity index (χ0n) is 12.3. The number of hydrogen-bond donors (Lipinski definition) is 1. The molecule has 128 valence electrons. The first-order valence-corrected chi connectivity index (χ1v) is 7.93. The molecule has 1 aromatic carbocycles. The van der Waals surface area contributed by atoms with E-state index in [-0.39, 0.29) is 18.7 Å². The minimum Gasteiger partial charge on any atom is -0.465 e. The quantitative estimate of drug-likeness (QED) is 0.830. The lowest BCUT2D eigenvalue weighted by Gasteiger charge is -2.24. The van der Waals surface area contributed by atoms with Crippen molar-refractivity contribution in [1.29, 1.82) is 0 Å². The van der Waals surface area contributed by atoms with Crippen LogP contribution in [0.5, 0.6) is 0 Å². The predicted molar refractivity (Wildman–Crippen MR) is 82.6 cm³/mol. The molecule has 5 nitrogen and oxygen atoms in total. The van der Waals surface area contributed by atoms with Gasteiger partial charge in [-0.05, 0) is 27.6 Å². The smallest absolute Gasteiger partial charge is 0.416 e. The fourth-order valence-electron chi connectivity index (χ4n) is 2.84. The number of alkyl halides is 3. The second-order valence-corrected chi connectivity index (χ2v) is 6.18. The number of benzene rings is 1. The monoisotopic (exact) mass is 403 g/mol. The minimum absolute atomic E-state index is 0.0195. The lowest BCUT2D eigenvalue weighted by atomic mass is 10.1. The van der Waals surface area contributed by atoms with Gasteiger partial charge >= 0.3 is 12.3 Å². The number of carboxylic acid groups (broad SMARTS) is 1. The largest absolute Gasteiger partial charge is 0.465 e. The van der Waals surface area contributed by atoms with E-state index in [1.165, 1.54) is 17.0 Å². The average Bonchev–Trinajstić information content (AvgIpc) is 2.82. The Balaban J connectivity index is 1.95. The highest BCUT2D eigenvalue weighted by Gasteiger charge is 2.33. The third-order valence-electron chi connectivity index (χ3n) is 3.99. The van der Waals surface area contributed by atoms with Crippen LogP contribution in [-0.2, 0) is 25.7 Å². The SMILES string of the molecule is O=C(O)N1CCc2c(nc(Br)n2Cc2ccccc2C(F)(F)F)C1. The Morgan fingerprint density at radius 1 is 1.33 bits per heavy atom. The van der Waals surface area contributed by atoms with Gasteiger partial charge in [0.1, 0.15) is 0 Å². The highest BCUT2D eigenvalue weighted by molar-refractivity contribution is 9.10. The maximum Gasteiger partial charge on any atom is 0.416 e. The van der Waals surface area contributed by atoms with Crippen LogP contribution in [0.2, 0.25) is 0 Å². The summed E-state index contributed by atoms with van der Waals surface area (Å²) in [5, 5.41) is 9.06. The number of nitrogens with zero attached hydrogens (tertiary/aromatic N) is 3. The van der Waals surface area contributed by atoms with Gasteiger partial charge in [0.25, 0.3) is 0 Å². The molecule has 1 aromatic heterocycles. The summed E-state index contributed by atoms with van der Waals surface area (Å²) in [7, 11) is 0. The van der Waals surface area contributed by atoms with Gasteiger partial charge in [-0.2, -0.15) is 13.2 Å². The zero-order valence-corrected chi connectivity index (χ0v) is 13.9. The molecule has 3 rings (SSSR count). The fourth-order valence-corrected chi connectivity index (χ4v) is 3.39. The summed E-state index contributed by atoms with van der Waals surface area (Å²) in [4.78, 5) is 16.6. The molecule has 1 amide bonds. The number of imidazole rings is 1. The molecule has 0 aliphatic carbocycles. The molecule has 2 aromatic rings. The molecule has 9 heteroatoms. The second-order valence-electron chi connectivity index (χ2n) is 5.47. The zero-order chi connectivity index (χ0) is 17.5. The number of carbonyl (C=O) groups is 1. The van der Waals surface area contributed by atoms with Gasteiger partial charge < -0.3 is 14.6 Å². The van der Waals surface area contributed by atoms with Crippen molar-refractivity contribution in [1.82, 2.24) is 14.5 Å². The van der Waals surface area contributed by atoms with Crippen LogP contribution < -0.4 is 0 Å². The third kappa shape index (κ3) is 3.12. The normalized spacial score (nSPS) is 14.6. The molecule has 0 saturated heterocycles. The third-order valence-corrected chi connectivity index (χ3v) is 4.60. The lowest BCUT2D eigenvalue weighted by molar-refractivity contribution is -0.138. The van der Waals surface area contributed by atoms with Crippen LogP contribution in [0, 0.1) is 0 Å². The van der Waals surface area contributed by atoms with Gasteiger partial charge in [0.05, 0.1) is 24.3 Å². The van der Waals surface area contributed by atoms with Gasteiger partial charge in [-0.3, -0.25) is 0 Å². The number of rotatable bonds is 2. The summed E-state index contributed by atoms with van der Waals surface area (Å²) < 4.78 is 41.5. The molecule has 0 spiro atoms. The van der Waals surface area contributed by atoms with Gasteiger partial charge in [-0.25, -0.2) is 9.78 Å². The van der Waals surface area contributed by atoms with E-state index < -0.39 is 17.8 Å². The first-order chi connectivity index (χ1) is 11.3. The van der Waals surface area contributed by atoms with Crippen LogP contribution in [0.1, 0.15) is 22.5 Å². The standard InChI is InChI=1S/C15H13BrF3N3O2/c16-13-20-11-8-21(14(23)24)6-5-12(11)22(13)7-9-3-1-2-4-10(9)15(17,18)19/h1-4H,5-8H2,(H,23,24). The van der Waals surface area contributed by atoms with E-state index in [0.29, 0.717) is 23.4 Å². The van der Waals surface area contributed by atoms with Crippen molar-refractivity contribution in [2.24, 2.45) is 0 Å². The van der Waals surface area contributed by atoms with Crippen molar-refractivity contribution >= 4 is 22.0 Å². The molecule has 0 atom stereocenters. The Labute approximate surface area is 143 Å². The molecule has 1 aliphatic heterocycles. The summed E-state index contributed by atoms with van der Waals surface area (Å²) in [5.41, 5.74) is 0.797. The van der Waals surface area contributed by atoms with Gasteiger partial charge in [0.2, 0.25) is 0 Å². The van der Waals surface area contributed by atoms with Crippen molar-refractivity contribution in [3.05, 3.63) is 51.5 Å². The summed E-state index contributed by atoms with van der Waals surface area (Å²) >= 11 is 3.27. The number of halogens is 4. The molecule has 0 saturated carbocycles. The summed E-state index contributed by atoms with van der Waals surface area (Å²) in [6.45, 7) is 0.449. The Morgan fingerprint density at radius 2 is 2.04 bits per heavy atom. The van der Waals surface area contributed by atoms with Crippen molar-refractivity contribution in [2.75, 3.05) is 6.54 Å². The number of fused-ring (bicyclic) bond motifs is 1. The maximum absolute atomic E-state index is 13.1. The van der Waals surface area contributed by atoms with E-state index >= 15 is 0 Å². The molecule has 0 fully saturated rings. The van der Waals surface area contributed by atoms with Crippen LogP contribution in [0.3, 0.4) is 0 Å². The topological polar surface area (TPSA) is 58.4 Å². The molecule has 24 heavy (non-hydrogen) atoms. The molecule has 0 radical (unpaired) electrons. The first-order valence-electron chi connectivity index (χ1n) is 7.14. The van der Waals surface area contributed by atoms with E-state index in [9.17, 15) is 18.0 Å². The molecule has 2 heterocycles. The van der Waals surface area contributed by atoms with Crippen LogP contribution in [0.25, 0.3) is 0 Å².